The van der Waals surface area contributed by atoms with Crippen LogP contribution in [0.15, 0.2) is 48.5 Å². The molecule has 0 saturated carbocycles. The van der Waals surface area contributed by atoms with E-state index in [1.165, 1.54) is 13.0 Å². The molecule has 8 nitrogen and oxygen atoms in total. The summed E-state index contributed by atoms with van der Waals surface area (Å²) in [6.07, 6.45) is 0. The van der Waals surface area contributed by atoms with Gasteiger partial charge in [-0.25, -0.2) is 9.18 Å². The van der Waals surface area contributed by atoms with Gasteiger partial charge in [0.05, 0.1) is 5.69 Å². The second kappa shape index (κ2) is 11.6. The molecule has 2 aromatic rings. The number of piperazine rings is 1. The SMILES string of the molecule is CC(=O)c1ccc(N2CCN(C(=O)COC(=O)[C@@H](NC(=O)c3ccccc3)C(C)C)CC2)c(F)c1. The highest BCUT2D eigenvalue weighted by Gasteiger charge is 2.28. The molecule has 35 heavy (non-hydrogen) atoms. The van der Waals surface area contributed by atoms with Crippen LogP contribution in [0.2, 0.25) is 0 Å². The minimum atomic E-state index is -0.895. The number of ketones is 1. The Morgan fingerprint density at radius 2 is 1.63 bits per heavy atom. The van der Waals surface area contributed by atoms with Crippen molar-refractivity contribution in [3.8, 4) is 0 Å². The van der Waals surface area contributed by atoms with Crippen LogP contribution in [0.3, 0.4) is 0 Å². The van der Waals surface area contributed by atoms with Crippen molar-refractivity contribution < 1.29 is 28.3 Å². The Kier molecular flexibility index (Phi) is 8.57. The quantitative estimate of drug-likeness (QED) is 0.458. The fourth-order valence-electron chi connectivity index (χ4n) is 3.80. The fraction of sp³-hybridized carbons (Fsp3) is 0.385. The molecule has 0 radical (unpaired) electrons. The third-order valence-electron chi connectivity index (χ3n) is 5.91. The van der Waals surface area contributed by atoms with Crippen molar-refractivity contribution in [3.63, 3.8) is 0 Å². The van der Waals surface area contributed by atoms with Gasteiger partial charge in [0, 0.05) is 37.3 Å². The van der Waals surface area contributed by atoms with Crippen LogP contribution >= 0.6 is 0 Å². The maximum atomic E-state index is 14.4. The minimum absolute atomic E-state index is 0.209. The molecule has 1 saturated heterocycles. The van der Waals surface area contributed by atoms with Crippen LogP contribution in [0.5, 0.6) is 0 Å². The summed E-state index contributed by atoms with van der Waals surface area (Å²) < 4.78 is 19.7. The number of esters is 1. The number of halogens is 1. The van der Waals surface area contributed by atoms with Crippen LogP contribution in [-0.4, -0.2) is 67.3 Å². The largest absolute Gasteiger partial charge is 0.454 e. The Bertz CT molecular complexity index is 1080. The molecule has 1 atom stereocenters. The van der Waals surface area contributed by atoms with E-state index >= 15 is 0 Å². The highest BCUT2D eigenvalue weighted by molar-refractivity contribution is 5.97. The third-order valence-corrected chi connectivity index (χ3v) is 5.91. The van der Waals surface area contributed by atoms with Gasteiger partial charge in [-0.2, -0.15) is 0 Å². The summed E-state index contributed by atoms with van der Waals surface area (Å²) in [5.41, 5.74) is 1.11. The van der Waals surface area contributed by atoms with E-state index in [2.05, 4.69) is 5.32 Å². The summed E-state index contributed by atoms with van der Waals surface area (Å²) in [5.74, 6) is -2.36. The van der Waals surface area contributed by atoms with Gasteiger partial charge >= 0.3 is 5.97 Å². The first-order valence-corrected chi connectivity index (χ1v) is 11.5. The van der Waals surface area contributed by atoms with Gasteiger partial charge in [0.2, 0.25) is 0 Å². The predicted molar refractivity (Wildman–Crippen MR) is 129 cm³/mol. The summed E-state index contributed by atoms with van der Waals surface area (Å²) >= 11 is 0. The van der Waals surface area contributed by atoms with Gasteiger partial charge in [0.25, 0.3) is 11.8 Å². The van der Waals surface area contributed by atoms with E-state index < -0.39 is 30.3 Å². The Morgan fingerprint density at radius 3 is 2.20 bits per heavy atom. The van der Waals surface area contributed by atoms with Crippen LogP contribution in [0.1, 0.15) is 41.5 Å². The molecule has 0 spiro atoms. The molecule has 0 aromatic heterocycles. The van der Waals surface area contributed by atoms with Crippen LogP contribution in [0.4, 0.5) is 10.1 Å². The van der Waals surface area contributed by atoms with Crippen LogP contribution < -0.4 is 10.2 Å². The molecule has 1 aliphatic heterocycles. The third kappa shape index (κ3) is 6.65. The zero-order chi connectivity index (χ0) is 25.5. The first-order valence-electron chi connectivity index (χ1n) is 11.5. The van der Waals surface area contributed by atoms with Gasteiger partial charge < -0.3 is 19.9 Å². The molecule has 3 rings (SSSR count). The van der Waals surface area contributed by atoms with Crippen LogP contribution in [0, 0.1) is 11.7 Å². The van der Waals surface area contributed by atoms with E-state index in [4.69, 9.17) is 4.74 Å². The van der Waals surface area contributed by atoms with E-state index in [1.807, 2.05) is 4.90 Å². The highest BCUT2D eigenvalue weighted by atomic mass is 19.1. The Balaban J connectivity index is 1.50. The lowest BCUT2D eigenvalue weighted by Crippen LogP contribution is -2.51. The van der Waals surface area contributed by atoms with E-state index in [1.54, 1.807) is 61.2 Å². The van der Waals surface area contributed by atoms with Crippen LogP contribution in [-0.2, 0) is 14.3 Å². The number of rotatable bonds is 8. The van der Waals surface area contributed by atoms with Crippen molar-refractivity contribution in [2.75, 3.05) is 37.7 Å². The maximum Gasteiger partial charge on any atom is 0.329 e. The monoisotopic (exact) mass is 483 g/mol. The number of benzene rings is 2. The van der Waals surface area contributed by atoms with E-state index in [9.17, 15) is 23.6 Å². The standard InChI is InChI=1S/C26H30FN3O5/c1-17(2)24(28-25(33)19-7-5-4-6-8-19)26(34)35-16-23(32)30-13-11-29(12-14-30)22-10-9-20(18(3)31)15-21(22)27/h4-10,15,17,24H,11-14,16H2,1-3H3,(H,28,33)/t24-/m0/s1. The molecular weight excluding hydrogens is 453 g/mol. The first kappa shape index (κ1) is 25.9. The lowest BCUT2D eigenvalue weighted by molar-refractivity contribution is -0.154. The summed E-state index contributed by atoms with van der Waals surface area (Å²) in [5, 5.41) is 2.67. The Hall–Kier alpha value is -3.75. The molecule has 186 valence electrons. The number of carbonyl (C=O) groups is 4. The van der Waals surface area contributed by atoms with Gasteiger partial charge in [-0.15, -0.1) is 0 Å². The number of Topliss-reactive ketones (excluding diaryl/α,β-unsaturated/α-hetero) is 1. The minimum Gasteiger partial charge on any atom is -0.454 e. The molecule has 2 aromatic carbocycles. The second-order valence-corrected chi connectivity index (χ2v) is 8.76. The average molecular weight is 484 g/mol. The van der Waals surface area contributed by atoms with Gasteiger partial charge in [-0.1, -0.05) is 32.0 Å². The molecule has 1 N–H and O–H groups in total. The smallest absolute Gasteiger partial charge is 0.329 e. The number of nitrogens with zero attached hydrogens (tertiary/aromatic N) is 2. The summed E-state index contributed by atoms with van der Waals surface area (Å²) in [6.45, 7) is 5.97. The fourth-order valence-corrected chi connectivity index (χ4v) is 3.80. The maximum absolute atomic E-state index is 14.4. The van der Waals surface area contributed by atoms with Gasteiger partial charge in [0.15, 0.2) is 12.4 Å². The lowest BCUT2D eigenvalue weighted by Gasteiger charge is -2.36. The highest BCUT2D eigenvalue weighted by Crippen LogP contribution is 2.22. The number of ether oxygens (including phenoxy) is 1. The van der Waals surface area contributed by atoms with Gasteiger partial charge in [0.1, 0.15) is 11.9 Å². The summed E-state index contributed by atoms with van der Waals surface area (Å²) in [6, 6.07) is 12.0. The molecular formula is C26H30FN3O5. The average Bonchev–Trinajstić information content (AvgIpc) is 2.85. The van der Waals surface area contributed by atoms with Crippen LogP contribution in [0.25, 0.3) is 0 Å². The molecule has 0 aliphatic carbocycles. The van der Waals surface area contributed by atoms with E-state index in [0.717, 1.165) is 0 Å². The van der Waals surface area contributed by atoms with Gasteiger partial charge in [-0.05, 0) is 43.2 Å². The zero-order valence-electron chi connectivity index (χ0n) is 20.1. The number of amides is 2. The summed E-state index contributed by atoms with van der Waals surface area (Å²) in [7, 11) is 0. The Morgan fingerprint density at radius 1 is 0.971 bits per heavy atom. The molecule has 2 amide bonds. The first-order chi connectivity index (χ1) is 16.7. The Labute approximate surface area is 204 Å². The van der Waals surface area contributed by atoms with Crippen molar-refractivity contribution in [1.29, 1.82) is 0 Å². The molecule has 9 heteroatoms. The number of anilines is 1. The normalized spacial score (nSPS) is 14.4. The number of carbonyl (C=O) groups excluding carboxylic acids is 4. The van der Waals surface area contributed by atoms with Crippen molar-refractivity contribution in [2.24, 2.45) is 5.92 Å². The van der Waals surface area contributed by atoms with E-state index in [0.29, 0.717) is 43.0 Å². The topological polar surface area (TPSA) is 96.0 Å². The number of nitrogens with one attached hydrogen (secondary N) is 1. The van der Waals surface area contributed by atoms with E-state index in [-0.39, 0.29) is 17.6 Å². The van der Waals surface area contributed by atoms with Crippen molar-refractivity contribution in [3.05, 3.63) is 65.5 Å². The van der Waals surface area contributed by atoms with Crippen molar-refractivity contribution >= 4 is 29.3 Å². The molecule has 1 fully saturated rings. The molecule has 0 bridgehead atoms. The summed E-state index contributed by atoms with van der Waals surface area (Å²) in [4.78, 5) is 52.4. The number of hydrogen-bond acceptors (Lipinski definition) is 6. The predicted octanol–water partition coefficient (Wildman–Crippen LogP) is 2.67. The zero-order valence-corrected chi connectivity index (χ0v) is 20.1. The second-order valence-electron chi connectivity index (χ2n) is 8.76. The van der Waals surface area contributed by atoms with Gasteiger partial charge in [-0.3, -0.25) is 14.4 Å². The molecule has 0 unspecified atom stereocenters. The molecule has 1 heterocycles. The van der Waals surface area contributed by atoms with Crippen molar-refractivity contribution in [1.82, 2.24) is 10.2 Å². The lowest BCUT2D eigenvalue weighted by atomic mass is 10.0. The van der Waals surface area contributed by atoms with Crippen molar-refractivity contribution in [2.45, 2.75) is 26.8 Å². The molecule has 1 aliphatic rings. The number of hydrogen-bond donors (Lipinski definition) is 1.